The number of benzene rings is 1. The Morgan fingerprint density at radius 3 is 2.82 bits per heavy atom. The van der Waals surface area contributed by atoms with Gasteiger partial charge in [0.2, 0.25) is 5.91 Å². The molecule has 0 radical (unpaired) electrons. The summed E-state index contributed by atoms with van der Waals surface area (Å²) in [5.74, 6) is 0.391. The molecule has 0 aromatic heterocycles. The van der Waals surface area contributed by atoms with Crippen LogP contribution < -0.4 is 4.74 Å². The second kappa shape index (κ2) is 8.10. The Bertz CT molecular complexity index is 481. The third kappa shape index (κ3) is 5.27. The van der Waals surface area contributed by atoms with Crippen LogP contribution in [-0.4, -0.2) is 66.8 Å². The smallest absolute Gasteiger partial charge is 0.236 e. The lowest BCUT2D eigenvalue weighted by Crippen LogP contribution is -2.38. The molecular weight excluding hydrogens is 287 g/mol. The number of carbonyl (C=O) groups excluding carboxylic acids is 1. The molecule has 122 valence electrons. The van der Waals surface area contributed by atoms with Gasteiger partial charge >= 0.3 is 0 Å². The number of likely N-dealkylation sites (N-methyl/N-ethyl adjacent to an activating group) is 1. The summed E-state index contributed by atoms with van der Waals surface area (Å²) < 4.78 is 18.2. The fourth-order valence-electron chi connectivity index (χ4n) is 2.42. The van der Waals surface area contributed by atoms with Gasteiger partial charge in [0.25, 0.3) is 0 Å². The van der Waals surface area contributed by atoms with Gasteiger partial charge in [0.15, 0.2) is 0 Å². The van der Waals surface area contributed by atoms with Crippen molar-refractivity contribution in [1.29, 1.82) is 0 Å². The van der Waals surface area contributed by atoms with Crippen LogP contribution in [0.1, 0.15) is 12.8 Å². The molecule has 1 N–H and O–H groups in total. The van der Waals surface area contributed by atoms with E-state index in [1.54, 1.807) is 24.1 Å². The van der Waals surface area contributed by atoms with E-state index < -0.39 is 0 Å². The van der Waals surface area contributed by atoms with E-state index in [-0.39, 0.29) is 17.8 Å². The van der Waals surface area contributed by atoms with Crippen molar-refractivity contribution in [2.45, 2.75) is 18.9 Å². The van der Waals surface area contributed by atoms with Gasteiger partial charge in [-0.25, -0.2) is 4.39 Å². The van der Waals surface area contributed by atoms with E-state index in [4.69, 9.17) is 4.74 Å². The van der Waals surface area contributed by atoms with E-state index in [1.807, 2.05) is 4.90 Å². The van der Waals surface area contributed by atoms with Crippen LogP contribution in [0.3, 0.4) is 0 Å². The van der Waals surface area contributed by atoms with Gasteiger partial charge in [0.1, 0.15) is 11.6 Å². The molecule has 0 unspecified atom stereocenters. The van der Waals surface area contributed by atoms with E-state index in [9.17, 15) is 14.3 Å². The largest absolute Gasteiger partial charge is 0.494 e. The Labute approximate surface area is 130 Å². The quantitative estimate of drug-likeness (QED) is 0.767. The Balaban J connectivity index is 1.61. The third-order valence-electron chi connectivity index (χ3n) is 3.75. The number of hydrogen-bond donors (Lipinski definition) is 1. The number of nitrogens with zero attached hydrogens (tertiary/aromatic N) is 2. The number of ether oxygens (including phenoxy) is 1. The first-order valence-electron chi connectivity index (χ1n) is 7.57. The number of hydrogen-bond acceptors (Lipinski definition) is 4. The average Bonchev–Trinajstić information content (AvgIpc) is 2.90. The normalized spacial score (nSPS) is 18.4. The number of aliphatic hydroxyl groups is 1. The maximum Gasteiger partial charge on any atom is 0.236 e. The maximum absolute atomic E-state index is 12.7. The molecule has 6 heteroatoms. The van der Waals surface area contributed by atoms with Crippen molar-refractivity contribution < 1.29 is 19.0 Å². The summed E-state index contributed by atoms with van der Waals surface area (Å²) in [5, 5.41) is 9.44. The lowest BCUT2D eigenvalue weighted by molar-refractivity contribution is -0.131. The van der Waals surface area contributed by atoms with Crippen molar-refractivity contribution >= 4 is 5.91 Å². The summed E-state index contributed by atoms with van der Waals surface area (Å²) in [6, 6.07) is 5.89. The van der Waals surface area contributed by atoms with Crippen LogP contribution in [0.2, 0.25) is 0 Å². The summed E-state index contributed by atoms with van der Waals surface area (Å²) >= 11 is 0. The lowest BCUT2D eigenvalue weighted by atomic mass is 10.3. The van der Waals surface area contributed by atoms with Gasteiger partial charge in [-0.05, 0) is 37.1 Å². The van der Waals surface area contributed by atoms with Gasteiger partial charge in [-0.3, -0.25) is 9.69 Å². The highest BCUT2D eigenvalue weighted by Gasteiger charge is 2.23. The zero-order valence-electron chi connectivity index (χ0n) is 12.9. The zero-order valence-corrected chi connectivity index (χ0v) is 12.9. The number of amides is 1. The van der Waals surface area contributed by atoms with E-state index >= 15 is 0 Å². The highest BCUT2D eigenvalue weighted by Crippen LogP contribution is 2.11. The Morgan fingerprint density at radius 2 is 2.18 bits per heavy atom. The van der Waals surface area contributed by atoms with Gasteiger partial charge in [-0.15, -0.1) is 0 Å². The number of halogens is 1. The predicted molar refractivity (Wildman–Crippen MR) is 81.2 cm³/mol. The first-order chi connectivity index (χ1) is 10.5. The average molecular weight is 310 g/mol. The summed E-state index contributed by atoms with van der Waals surface area (Å²) in [7, 11) is 1.77. The molecule has 0 aliphatic carbocycles. The predicted octanol–water partition coefficient (Wildman–Crippen LogP) is 1.12. The summed E-state index contributed by atoms with van der Waals surface area (Å²) in [6.07, 6.45) is 1.15. The molecule has 1 atom stereocenters. The number of β-amino-alcohol motifs (C(OH)–C–C–N with tert-alkyl or cyclic N) is 1. The van der Waals surface area contributed by atoms with Crippen molar-refractivity contribution in [2.24, 2.45) is 0 Å². The molecule has 5 nitrogen and oxygen atoms in total. The minimum atomic E-state index is -0.304. The summed E-state index contributed by atoms with van der Waals surface area (Å²) in [4.78, 5) is 15.7. The third-order valence-corrected chi connectivity index (χ3v) is 3.75. The van der Waals surface area contributed by atoms with Crippen molar-refractivity contribution in [2.75, 3.05) is 39.8 Å². The molecule has 0 bridgehead atoms. The molecule has 1 heterocycles. The number of aliphatic hydroxyl groups excluding tert-OH is 1. The topological polar surface area (TPSA) is 53.0 Å². The van der Waals surface area contributed by atoms with Gasteiger partial charge in [0, 0.05) is 26.7 Å². The molecule has 1 aliphatic rings. The van der Waals surface area contributed by atoms with Crippen LogP contribution in [0.15, 0.2) is 24.3 Å². The summed E-state index contributed by atoms with van der Waals surface area (Å²) in [6.45, 7) is 2.79. The van der Waals surface area contributed by atoms with Crippen LogP contribution in [-0.2, 0) is 4.79 Å². The van der Waals surface area contributed by atoms with Crippen molar-refractivity contribution in [3.8, 4) is 5.75 Å². The van der Waals surface area contributed by atoms with Crippen LogP contribution >= 0.6 is 0 Å². The monoisotopic (exact) mass is 310 g/mol. The van der Waals surface area contributed by atoms with Crippen molar-refractivity contribution in [1.82, 2.24) is 9.80 Å². The number of rotatable bonds is 7. The van der Waals surface area contributed by atoms with Crippen molar-refractivity contribution in [3.05, 3.63) is 30.1 Å². The van der Waals surface area contributed by atoms with Gasteiger partial charge < -0.3 is 14.7 Å². The molecule has 1 fully saturated rings. The SMILES string of the molecule is CN(CCCOc1ccc(F)cc1)C(=O)CN1CC[C@H](O)C1. The highest BCUT2D eigenvalue weighted by atomic mass is 19.1. The second-order valence-corrected chi connectivity index (χ2v) is 5.65. The van der Waals surface area contributed by atoms with Gasteiger partial charge in [0.05, 0.1) is 19.3 Å². The molecule has 0 spiro atoms. The maximum atomic E-state index is 12.7. The standard InChI is InChI=1S/C16H23FN2O3/c1-18(16(21)12-19-9-7-14(20)11-19)8-2-10-22-15-5-3-13(17)4-6-15/h3-6,14,20H,2,7-12H2,1H3/t14-/m0/s1. The van der Waals surface area contributed by atoms with Crippen LogP contribution in [0, 0.1) is 5.82 Å². The molecule has 1 aromatic rings. The zero-order chi connectivity index (χ0) is 15.9. The lowest BCUT2D eigenvalue weighted by Gasteiger charge is -2.21. The number of carbonyl (C=O) groups is 1. The Kier molecular flexibility index (Phi) is 6.15. The van der Waals surface area contributed by atoms with E-state index in [0.717, 1.165) is 13.0 Å². The van der Waals surface area contributed by atoms with Crippen LogP contribution in [0.25, 0.3) is 0 Å². The van der Waals surface area contributed by atoms with Gasteiger partial charge in [-0.2, -0.15) is 0 Å². The fraction of sp³-hybridized carbons (Fsp3) is 0.562. The summed E-state index contributed by atoms with van der Waals surface area (Å²) in [5.41, 5.74) is 0. The minimum absolute atomic E-state index is 0.0517. The molecule has 22 heavy (non-hydrogen) atoms. The molecule has 1 saturated heterocycles. The number of likely N-dealkylation sites (tertiary alicyclic amines) is 1. The Hall–Kier alpha value is -1.66. The molecule has 1 aliphatic heterocycles. The first kappa shape index (κ1) is 16.7. The fourth-order valence-corrected chi connectivity index (χ4v) is 2.42. The van der Waals surface area contributed by atoms with Gasteiger partial charge in [-0.1, -0.05) is 0 Å². The highest BCUT2D eigenvalue weighted by molar-refractivity contribution is 5.78. The molecule has 1 aromatic carbocycles. The Morgan fingerprint density at radius 1 is 1.45 bits per heavy atom. The van der Waals surface area contributed by atoms with E-state index in [0.29, 0.717) is 38.4 Å². The minimum Gasteiger partial charge on any atom is -0.494 e. The second-order valence-electron chi connectivity index (χ2n) is 5.65. The first-order valence-corrected chi connectivity index (χ1v) is 7.57. The molecule has 1 amide bonds. The van der Waals surface area contributed by atoms with Crippen molar-refractivity contribution in [3.63, 3.8) is 0 Å². The van der Waals surface area contributed by atoms with E-state index in [1.165, 1.54) is 12.1 Å². The van der Waals surface area contributed by atoms with E-state index in [2.05, 4.69) is 0 Å². The van der Waals surface area contributed by atoms with Crippen LogP contribution in [0.5, 0.6) is 5.75 Å². The molecule has 0 saturated carbocycles. The van der Waals surface area contributed by atoms with Crippen LogP contribution in [0.4, 0.5) is 4.39 Å². The molecular formula is C16H23FN2O3. The molecule has 2 rings (SSSR count).